The van der Waals surface area contributed by atoms with Crippen molar-refractivity contribution in [2.75, 3.05) is 11.4 Å². The van der Waals surface area contributed by atoms with E-state index >= 15 is 0 Å². The molecule has 0 fully saturated rings. The summed E-state index contributed by atoms with van der Waals surface area (Å²) in [5.41, 5.74) is 7.93. The van der Waals surface area contributed by atoms with Crippen LogP contribution in [-0.4, -0.2) is 12.5 Å². The van der Waals surface area contributed by atoms with Gasteiger partial charge in [0.25, 0.3) is 0 Å². The van der Waals surface area contributed by atoms with Gasteiger partial charge >= 0.3 is 0 Å². The number of carbonyl (C=O) groups is 1. The van der Waals surface area contributed by atoms with Crippen LogP contribution in [0.3, 0.4) is 0 Å². The fourth-order valence-corrected chi connectivity index (χ4v) is 3.10. The van der Waals surface area contributed by atoms with Crippen molar-refractivity contribution in [3.05, 3.63) is 28.2 Å². The van der Waals surface area contributed by atoms with Crippen LogP contribution in [0.25, 0.3) is 0 Å². The molecule has 2 N–H and O–H groups in total. The number of halogens is 1. The zero-order valence-corrected chi connectivity index (χ0v) is 13.7. The molecular weight excluding hydrogens is 316 g/mol. The summed E-state index contributed by atoms with van der Waals surface area (Å²) in [6.07, 6.45) is 7.37. The summed E-state index contributed by atoms with van der Waals surface area (Å²) in [4.78, 5) is 14.1. The van der Waals surface area contributed by atoms with Gasteiger partial charge in [0, 0.05) is 22.3 Å². The minimum Gasteiger partial charge on any atom is -0.316 e. The second-order valence-electron chi connectivity index (χ2n) is 5.44. The van der Waals surface area contributed by atoms with Gasteiger partial charge in [0.1, 0.15) is 6.04 Å². The highest BCUT2D eigenvalue weighted by molar-refractivity contribution is 9.10. The van der Waals surface area contributed by atoms with E-state index in [-0.39, 0.29) is 5.91 Å². The summed E-state index contributed by atoms with van der Waals surface area (Å²) in [5.74, 6) is 0.0339. The van der Waals surface area contributed by atoms with Gasteiger partial charge in [-0.3, -0.25) is 4.79 Å². The number of nitrogens with two attached hydrogens (primary N) is 1. The standard InChI is InChI=1S/C16H23BrN2O/c1-2-3-4-5-6-7-10-19-14-9-8-12(17)11-13(14)15(18)16(19)20/h8-9,11,15H,2-7,10,18H2,1H3. The number of rotatable bonds is 7. The molecule has 2 rings (SSSR count). The van der Waals surface area contributed by atoms with Crippen molar-refractivity contribution in [3.8, 4) is 0 Å². The maximum Gasteiger partial charge on any atom is 0.248 e. The van der Waals surface area contributed by atoms with Crippen molar-refractivity contribution in [2.45, 2.75) is 51.5 Å². The summed E-state index contributed by atoms with van der Waals surface area (Å²) in [7, 11) is 0. The van der Waals surface area contributed by atoms with E-state index in [2.05, 4.69) is 22.9 Å². The van der Waals surface area contributed by atoms with Crippen LogP contribution in [0.2, 0.25) is 0 Å². The third-order valence-electron chi connectivity index (χ3n) is 3.88. The van der Waals surface area contributed by atoms with Crippen LogP contribution in [0.1, 0.15) is 57.1 Å². The lowest BCUT2D eigenvalue weighted by molar-refractivity contribution is -0.119. The first-order chi connectivity index (χ1) is 9.65. The van der Waals surface area contributed by atoms with Crippen molar-refractivity contribution in [2.24, 2.45) is 5.73 Å². The topological polar surface area (TPSA) is 46.3 Å². The molecule has 20 heavy (non-hydrogen) atoms. The molecule has 110 valence electrons. The van der Waals surface area contributed by atoms with E-state index in [1.54, 1.807) is 0 Å². The average molecular weight is 339 g/mol. The summed E-state index contributed by atoms with van der Waals surface area (Å²) in [5, 5.41) is 0. The molecule has 0 aromatic heterocycles. The molecule has 1 aliphatic rings. The van der Waals surface area contributed by atoms with Crippen molar-refractivity contribution >= 4 is 27.5 Å². The lowest BCUT2D eigenvalue weighted by Gasteiger charge is -2.17. The molecule has 1 aromatic rings. The zero-order chi connectivity index (χ0) is 14.5. The Morgan fingerprint density at radius 3 is 2.65 bits per heavy atom. The van der Waals surface area contributed by atoms with Gasteiger partial charge in [-0.1, -0.05) is 55.0 Å². The van der Waals surface area contributed by atoms with Crippen molar-refractivity contribution in [3.63, 3.8) is 0 Å². The molecule has 0 bridgehead atoms. The average Bonchev–Trinajstić information content (AvgIpc) is 2.67. The lowest BCUT2D eigenvalue weighted by atomic mass is 10.1. The number of hydrogen-bond donors (Lipinski definition) is 1. The number of nitrogens with zero attached hydrogens (tertiary/aromatic N) is 1. The molecule has 0 aliphatic carbocycles. The number of hydrogen-bond acceptors (Lipinski definition) is 2. The Morgan fingerprint density at radius 1 is 1.20 bits per heavy atom. The maximum absolute atomic E-state index is 12.2. The highest BCUT2D eigenvalue weighted by Crippen LogP contribution is 2.36. The predicted octanol–water partition coefficient (Wildman–Crippen LogP) is 4.16. The molecule has 0 saturated heterocycles. The minimum absolute atomic E-state index is 0.0339. The zero-order valence-electron chi connectivity index (χ0n) is 12.1. The number of amides is 1. The Bertz CT molecular complexity index is 476. The van der Waals surface area contributed by atoms with Crippen LogP contribution in [0.4, 0.5) is 5.69 Å². The molecule has 1 aromatic carbocycles. The molecule has 1 unspecified atom stereocenters. The number of benzene rings is 1. The van der Waals surface area contributed by atoms with E-state index in [1.165, 1.54) is 32.1 Å². The quantitative estimate of drug-likeness (QED) is 0.759. The SMILES string of the molecule is CCCCCCCCN1C(=O)C(N)c2cc(Br)ccc21. The summed E-state index contributed by atoms with van der Waals surface area (Å²) < 4.78 is 0.973. The van der Waals surface area contributed by atoms with Crippen molar-refractivity contribution in [1.29, 1.82) is 0 Å². The molecule has 1 amide bonds. The van der Waals surface area contributed by atoms with E-state index in [0.717, 1.165) is 28.7 Å². The van der Waals surface area contributed by atoms with Gasteiger partial charge in [0.2, 0.25) is 5.91 Å². The second-order valence-corrected chi connectivity index (χ2v) is 6.35. The molecule has 0 spiro atoms. The maximum atomic E-state index is 12.2. The minimum atomic E-state index is -0.498. The van der Waals surface area contributed by atoms with E-state index in [9.17, 15) is 4.79 Å². The second kappa shape index (κ2) is 7.23. The van der Waals surface area contributed by atoms with E-state index in [1.807, 2.05) is 23.1 Å². The van der Waals surface area contributed by atoms with Gasteiger partial charge in [-0.05, 0) is 24.6 Å². The smallest absolute Gasteiger partial charge is 0.248 e. The first-order valence-corrected chi connectivity index (χ1v) is 8.31. The highest BCUT2D eigenvalue weighted by atomic mass is 79.9. The summed E-state index contributed by atoms with van der Waals surface area (Å²) in [6, 6.07) is 5.42. The van der Waals surface area contributed by atoms with Gasteiger partial charge in [-0.25, -0.2) is 0 Å². The Morgan fingerprint density at radius 2 is 1.90 bits per heavy atom. The highest BCUT2D eigenvalue weighted by Gasteiger charge is 2.34. The van der Waals surface area contributed by atoms with Gasteiger partial charge < -0.3 is 10.6 Å². The summed E-state index contributed by atoms with van der Waals surface area (Å²) in [6.45, 7) is 3.01. The molecule has 1 heterocycles. The van der Waals surface area contributed by atoms with E-state index in [0.29, 0.717) is 0 Å². The Labute approximate surface area is 129 Å². The third-order valence-corrected chi connectivity index (χ3v) is 4.38. The first-order valence-electron chi connectivity index (χ1n) is 7.51. The van der Waals surface area contributed by atoms with Crippen molar-refractivity contribution < 1.29 is 4.79 Å². The normalized spacial score (nSPS) is 17.6. The van der Waals surface area contributed by atoms with Crippen LogP contribution < -0.4 is 10.6 Å². The predicted molar refractivity (Wildman–Crippen MR) is 86.8 cm³/mol. The van der Waals surface area contributed by atoms with Crippen LogP contribution in [0.15, 0.2) is 22.7 Å². The number of unbranched alkanes of at least 4 members (excludes halogenated alkanes) is 5. The number of anilines is 1. The molecule has 1 atom stereocenters. The van der Waals surface area contributed by atoms with Crippen LogP contribution in [-0.2, 0) is 4.79 Å². The molecule has 4 heteroatoms. The molecule has 0 radical (unpaired) electrons. The first kappa shape index (κ1) is 15.5. The third kappa shape index (κ3) is 3.41. The van der Waals surface area contributed by atoms with E-state index < -0.39 is 6.04 Å². The van der Waals surface area contributed by atoms with Gasteiger partial charge in [-0.2, -0.15) is 0 Å². The monoisotopic (exact) mass is 338 g/mol. The molecule has 0 saturated carbocycles. The Balaban J connectivity index is 1.91. The largest absolute Gasteiger partial charge is 0.316 e. The van der Waals surface area contributed by atoms with Crippen LogP contribution in [0, 0.1) is 0 Å². The van der Waals surface area contributed by atoms with Crippen LogP contribution >= 0.6 is 15.9 Å². The number of carbonyl (C=O) groups excluding carboxylic acids is 1. The number of fused-ring (bicyclic) bond motifs is 1. The van der Waals surface area contributed by atoms with Crippen LogP contribution in [0.5, 0.6) is 0 Å². The lowest BCUT2D eigenvalue weighted by Crippen LogP contribution is -2.32. The fraction of sp³-hybridized carbons (Fsp3) is 0.562. The van der Waals surface area contributed by atoms with Gasteiger partial charge in [-0.15, -0.1) is 0 Å². The molecule has 1 aliphatic heterocycles. The fourth-order valence-electron chi connectivity index (χ4n) is 2.72. The Kier molecular flexibility index (Phi) is 5.61. The van der Waals surface area contributed by atoms with E-state index in [4.69, 9.17) is 5.73 Å². The molecule has 3 nitrogen and oxygen atoms in total. The van der Waals surface area contributed by atoms with Gasteiger partial charge in [0.05, 0.1) is 0 Å². The summed E-state index contributed by atoms with van der Waals surface area (Å²) >= 11 is 3.43. The molecular formula is C16H23BrN2O. The Hall–Kier alpha value is -0.870. The van der Waals surface area contributed by atoms with Gasteiger partial charge in [0.15, 0.2) is 0 Å². The van der Waals surface area contributed by atoms with Crippen molar-refractivity contribution in [1.82, 2.24) is 0 Å².